The summed E-state index contributed by atoms with van der Waals surface area (Å²) in [5, 5.41) is 0. The molecular weight excluding hydrogens is 368 g/mol. The molecule has 3 nitrogen and oxygen atoms in total. The van der Waals surface area contributed by atoms with E-state index in [-0.39, 0.29) is 5.41 Å². The molecule has 1 aliphatic rings. The van der Waals surface area contributed by atoms with E-state index >= 15 is 0 Å². The summed E-state index contributed by atoms with van der Waals surface area (Å²) in [4.78, 5) is 9.16. The Balaban J connectivity index is 1.46. The second-order valence-corrected chi connectivity index (χ2v) is 7.88. The molecule has 0 unspecified atom stereocenters. The normalized spacial score (nSPS) is 15.1. The summed E-state index contributed by atoms with van der Waals surface area (Å²) in [7, 11) is 0. The van der Waals surface area contributed by atoms with E-state index in [1.807, 2.05) is 60.9 Å². The largest absolute Gasteiger partial charge is 0.457 e. The fourth-order valence-corrected chi connectivity index (χ4v) is 4.56. The third kappa shape index (κ3) is 3.59. The molecule has 0 spiro atoms. The topological polar surface area (TPSA) is 35.0 Å². The minimum Gasteiger partial charge on any atom is -0.457 e. The van der Waals surface area contributed by atoms with Crippen molar-refractivity contribution in [2.24, 2.45) is 0 Å². The van der Waals surface area contributed by atoms with E-state index in [9.17, 15) is 0 Å². The molecule has 1 fully saturated rings. The number of aromatic nitrogens is 2. The van der Waals surface area contributed by atoms with Crippen LogP contribution in [0.4, 0.5) is 0 Å². The average molecular weight is 393 g/mol. The Morgan fingerprint density at radius 1 is 0.667 bits per heavy atom. The van der Waals surface area contributed by atoms with Gasteiger partial charge in [0.25, 0.3) is 0 Å². The summed E-state index contributed by atoms with van der Waals surface area (Å²) >= 11 is 0. The van der Waals surface area contributed by atoms with E-state index < -0.39 is 0 Å². The van der Waals surface area contributed by atoms with Crippen LogP contribution in [0.5, 0.6) is 11.5 Å². The van der Waals surface area contributed by atoms with Crippen LogP contribution in [-0.4, -0.2) is 9.97 Å². The highest BCUT2D eigenvalue weighted by atomic mass is 16.5. The standard InChI is InChI=1S/C27H24N2O/c1-5-17-28-25(13-1)21-9-7-11-23(19-21)30-24-12-8-10-22(20-24)27(15-3-4-16-27)26-14-2-6-18-29-26/h1-2,5-14,17-20H,3-4,15-16H2. The van der Waals surface area contributed by atoms with Crippen molar-refractivity contribution in [3.05, 3.63) is 109 Å². The number of hydrogen-bond acceptors (Lipinski definition) is 3. The molecule has 0 N–H and O–H groups in total. The number of nitrogens with zero attached hydrogens (tertiary/aromatic N) is 2. The van der Waals surface area contributed by atoms with E-state index in [1.165, 1.54) is 18.4 Å². The molecule has 0 aliphatic heterocycles. The first-order valence-corrected chi connectivity index (χ1v) is 10.5. The molecule has 2 aromatic carbocycles. The maximum atomic E-state index is 6.27. The summed E-state index contributed by atoms with van der Waals surface area (Å²) in [6, 6.07) is 28.8. The maximum absolute atomic E-state index is 6.27. The molecule has 2 aromatic heterocycles. The predicted octanol–water partition coefficient (Wildman–Crippen LogP) is 6.80. The summed E-state index contributed by atoms with van der Waals surface area (Å²) in [5.41, 5.74) is 4.42. The Labute approximate surface area is 177 Å². The van der Waals surface area contributed by atoms with Crippen LogP contribution in [0.3, 0.4) is 0 Å². The van der Waals surface area contributed by atoms with Crippen molar-refractivity contribution in [2.45, 2.75) is 31.1 Å². The molecule has 1 aliphatic carbocycles. The monoisotopic (exact) mass is 392 g/mol. The van der Waals surface area contributed by atoms with Gasteiger partial charge < -0.3 is 4.74 Å². The van der Waals surface area contributed by atoms with Crippen LogP contribution in [0, 0.1) is 0 Å². The van der Waals surface area contributed by atoms with Gasteiger partial charge >= 0.3 is 0 Å². The average Bonchev–Trinajstić information content (AvgIpc) is 3.32. The predicted molar refractivity (Wildman–Crippen MR) is 120 cm³/mol. The van der Waals surface area contributed by atoms with Crippen molar-refractivity contribution in [3.8, 4) is 22.8 Å². The zero-order valence-electron chi connectivity index (χ0n) is 16.9. The number of ether oxygens (including phenoxy) is 1. The van der Waals surface area contributed by atoms with Crippen LogP contribution in [0.1, 0.15) is 36.9 Å². The highest BCUT2D eigenvalue weighted by Crippen LogP contribution is 2.46. The molecular formula is C27H24N2O. The van der Waals surface area contributed by atoms with Gasteiger partial charge in [0.1, 0.15) is 11.5 Å². The van der Waals surface area contributed by atoms with Gasteiger partial charge in [-0.2, -0.15) is 0 Å². The van der Waals surface area contributed by atoms with Crippen LogP contribution in [0.2, 0.25) is 0 Å². The first kappa shape index (κ1) is 18.6. The summed E-state index contributed by atoms with van der Waals surface area (Å²) in [6.45, 7) is 0. The van der Waals surface area contributed by atoms with Gasteiger partial charge in [-0.05, 0) is 66.9 Å². The second kappa shape index (κ2) is 8.11. The summed E-state index contributed by atoms with van der Waals surface area (Å²) < 4.78 is 6.27. The van der Waals surface area contributed by atoms with Crippen molar-refractivity contribution in [3.63, 3.8) is 0 Å². The first-order chi connectivity index (χ1) is 14.8. The number of pyridine rings is 2. The Morgan fingerprint density at radius 2 is 1.40 bits per heavy atom. The molecule has 3 heteroatoms. The quantitative estimate of drug-likeness (QED) is 0.375. The van der Waals surface area contributed by atoms with E-state index in [2.05, 4.69) is 41.4 Å². The van der Waals surface area contributed by atoms with Gasteiger partial charge in [0.05, 0.1) is 11.4 Å². The Bertz CT molecular complexity index is 1120. The third-order valence-corrected chi connectivity index (χ3v) is 6.03. The molecule has 5 rings (SSSR count). The molecule has 148 valence electrons. The molecule has 0 radical (unpaired) electrons. The number of rotatable bonds is 5. The minimum atomic E-state index is -0.0174. The van der Waals surface area contributed by atoms with Crippen LogP contribution in [0.15, 0.2) is 97.3 Å². The molecule has 0 bridgehead atoms. The number of benzene rings is 2. The highest BCUT2D eigenvalue weighted by molar-refractivity contribution is 5.61. The summed E-state index contributed by atoms with van der Waals surface area (Å²) in [6.07, 6.45) is 8.43. The van der Waals surface area contributed by atoms with Crippen molar-refractivity contribution in [1.29, 1.82) is 0 Å². The zero-order valence-corrected chi connectivity index (χ0v) is 16.9. The van der Waals surface area contributed by atoms with E-state index in [1.54, 1.807) is 0 Å². The van der Waals surface area contributed by atoms with Gasteiger partial charge in [-0.25, -0.2) is 0 Å². The highest BCUT2D eigenvalue weighted by Gasteiger charge is 2.38. The Kier molecular flexibility index (Phi) is 5.02. The van der Waals surface area contributed by atoms with Gasteiger partial charge in [0.2, 0.25) is 0 Å². The fourth-order valence-electron chi connectivity index (χ4n) is 4.56. The Morgan fingerprint density at radius 3 is 2.13 bits per heavy atom. The van der Waals surface area contributed by atoms with Gasteiger partial charge in [-0.1, -0.05) is 49.2 Å². The SMILES string of the molecule is c1ccc(-c2cccc(Oc3cccc(C4(c5ccccn5)CCCC4)c3)c2)nc1. The van der Waals surface area contributed by atoms with Gasteiger partial charge in [0.15, 0.2) is 0 Å². The van der Waals surface area contributed by atoms with Crippen molar-refractivity contribution < 1.29 is 4.74 Å². The smallest absolute Gasteiger partial charge is 0.128 e. The molecule has 0 amide bonds. The zero-order chi connectivity index (χ0) is 20.2. The first-order valence-electron chi connectivity index (χ1n) is 10.5. The summed E-state index contributed by atoms with van der Waals surface area (Å²) in [5.74, 6) is 1.67. The number of hydrogen-bond donors (Lipinski definition) is 0. The van der Waals surface area contributed by atoms with Gasteiger partial charge in [-0.3, -0.25) is 9.97 Å². The van der Waals surface area contributed by atoms with E-state index in [0.717, 1.165) is 41.3 Å². The molecule has 2 heterocycles. The van der Waals surface area contributed by atoms with Crippen molar-refractivity contribution >= 4 is 0 Å². The van der Waals surface area contributed by atoms with Gasteiger partial charge in [0, 0.05) is 23.4 Å². The minimum absolute atomic E-state index is 0.0174. The Hall–Kier alpha value is -3.46. The lowest BCUT2D eigenvalue weighted by Crippen LogP contribution is -2.25. The third-order valence-electron chi connectivity index (χ3n) is 6.03. The van der Waals surface area contributed by atoms with Crippen LogP contribution in [0.25, 0.3) is 11.3 Å². The van der Waals surface area contributed by atoms with E-state index in [4.69, 9.17) is 9.72 Å². The van der Waals surface area contributed by atoms with Gasteiger partial charge in [-0.15, -0.1) is 0 Å². The molecule has 0 saturated heterocycles. The lowest BCUT2D eigenvalue weighted by atomic mass is 9.75. The maximum Gasteiger partial charge on any atom is 0.128 e. The lowest BCUT2D eigenvalue weighted by molar-refractivity contribution is 0.474. The molecule has 1 saturated carbocycles. The molecule has 4 aromatic rings. The molecule has 30 heavy (non-hydrogen) atoms. The van der Waals surface area contributed by atoms with Crippen LogP contribution < -0.4 is 4.74 Å². The fraction of sp³-hybridized carbons (Fsp3) is 0.185. The van der Waals surface area contributed by atoms with Crippen molar-refractivity contribution in [1.82, 2.24) is 9.97 Å². The lowest BCUT2D eigenvalue weighted by Gasteiger charge is -2.29. The molecule has 0 atom stereocenters. The van der Waals surface area contributed by atoms with Crippen LogP contribution in [-0.2, 0) is 5.41 Å². The van der Waals surface area contributed by atoms with Crippen molar-refractivity contribution in [2.75, 3.05) is 0 Å². The second-order valence-electron chi connectivity index (χ2n) is 7.88. The van der Waals surface area contributed by atoms with Crippen LogP contribution >= 0.6 is 0 Å². The van der Waals surface area contributed by atoms with E-state index in [0.29, 0.717) is 0 Å².